The largest absolute Gasteiger partial charge is 0.508 e. The minimum Gasteiger partial charge on any atom is -0.508 e. The molecule has 2 fully saturated rings. The zero-order valence-electron chi connectivity index (χ0n) is 33.9. The number of benzene rings is 4. The molecule has 3 atom stereocenters. The van der Waals surface area contributed by atoms with Gasteiger partial charge in [-0.25, -0.2) is 0 Å². The number of likely N-dealkylation sites (tertiary alicyclic amines) is 2. The Morgan fingerprint density at radius 1 is 0.793 bits per heavy atom. The van der Waals surface area contributed by atoms with Crippen molar-refractivity contribution in [2.75, 3.05) is 45.9 Å². The average molecular weight is 789 g/mol. The molecule has 296 valence electrons. The maximum Gasteiger partial charge on any atom is 0.162 e. The molecule has 0 amide bonds. The Morgan fingerprint density at radius 3 is 2.28 bits per heavy atom. The van der Waals surface area contributed by atoms with E-state index in [4.69, 9.17) is 9.73 Å². The van der Waals surface area contributed by atoms with Crippen LogP contribution in [-0.2, 0) is 6.42 Å². The van der Waals surface area contributed by atoms with Crippen LogP contribution < -0.4 is 4.74 Å². The monoisotopic (exact) mass is 788 g/mol. The van der Waals surface area contributed by atoms with E-state index in [9.17, 15) is 5.11 Å². The Balaban J connectivity index is 0.696. The second-order valence-corrected chi connectivity index (χ2v) is 18.3. The standard InChI is InChI=1S/C49H52N6O2S/c1-30-32(3)58-49-45(30)47(50-31(2)48-52-51-33(4)55(48)49)38-12-10-35(11-13-38)40-27-54(28-40)23-22-53-25-34(26-53)29-57-42-18-14-37(15-19-42)46-43(36-8-6-5-7-9-36)20-16-39-24-41(56)17-21-44(39)46/h5-15,17-19,21,24,31,34,40,43,46,56H,16,20,22-23,25-29H2,1-4H3/t31-,43+,46-/m0/s1. The first kappa shape index (κ1) is 37.2. The van der Waals surface area contributed by atoms with Gasteiger partial charge in [-0.2, -0.15) is 0 Å². The van der Waals surface area contributed by atoms with Gasteiger partial charge in [-0.05, 0) is 104 Å². The summed E-state index contributed by atoms with van der Waals surface area (Å²) in [6.07, 6.45) is 2.04. The van der Waals surface area contributed by atoms with Crippen molar-refractivity contribution in [3.8, 4) is 16.5 Å². The SMILES string of the molecule is Cc1sc2c(c1C)C(c1ccc(C3CN(CCN4CC(COc5ccc([C@@H]6c7ccc(O)cc7CC[C@@H]6c6ccccc6)cc5)C4)C3)cc1)=N[C@@H](C)c1nnc(C)n1-2. The number of aromatic hydroxyl groups is 1. The summed E-state index contributed by atoms with van der Waals surface area (Å²) in [4.78, 5) is 11.7. The summed E-state index contributed by atoms with van der Waals surface area (Å²) in [7, 11) is 0. The molecular formula is C49H52N6O2S. The smallest absolute Gasteiger partial charge is 0.162 e. The molecule has 5 heterocycles. The molecule has 1 N–H and O–H groups in total. The molecule has 0 spiro atoms. The fourth-order valence-corrected chi connectivity index (χ4v) is 11.1. The van der Waals surface area contributed by atoms with Crippen LogP contribution in [0, 0.1) is 26.7 Å². The molecule has 10 rings (SSSR count). The molecule has 3 aliphatic heterocycles. The number of fused-ring (bicyclic) bond motifs is 4. The maximum absolute atomic E-state index is 10.2. The third kappa shape index (κ3) is 6.87. The van der Waals surface area contributed by atoms with Crippen molar-refractivity contribution < 1.29 is 9.84 Å². The lowest BCUT2D eigenvalue weighted by molar-refractivity contribution is 0.0414. The summed E-state index contributed by atoms with van der Waals surface area (Å²) in [6, 6.07) is 34.8. The number of phenolic OH excluding ortho intramolecular Hbond substituents is 1. The van der Waals surface area contributed by atoms with Gasteiger partial charge >= 0.3 is 0 Å². The molecule has 4 aromatic carbocycles. The Kier molecular flexibility index (Phi) is 9.78. The van der Waals surface area contributed by atoms with E-state index in [0.29, 0.717) is 23.5 Å². The zero-order chi connectivity index (χ0) is 39.5. The van der Waals surface area contributed by atoms with E-state index < -0.39 is 0 Å². The number of rotatable bonds is 10. The highest BCUT2D eigenvalue weighted by molar-refractivity contribution is 7.15. The number of hydrogen-bond acceptors (Lipinski definition) is 8. The van der Waals surface area contributed by atoms with Crippen LogP contribution in [0.25, 0.3) is 5.00 Å². The fraction of sp³-hybridized carbons (Fsp3) is 0.367. The lowest BCUT2D eigenvalue weighted by Gasteiger charge is -2.44. The Bertz CT molecular complexity index is 2460. The number of thiophene rings is 1. The number of phenols is 1. The fourth-order valence-electron chi connectivity index (χ4n) is 9.87. The van der Waals surface area contributed by atoms with Crippen molar-refractivity contribution in [1.82, 2.24) is 24.6 Å². The third-order valence-electron chi connectivity index (χ3n) is 13.3. The first-order chi connectivity index (χ1) is 28.3. The number of aromatic nitrogens is 3. The van der Waals surface area contributed by atoms with E-state index in [1.54, 1.807) is 0 Å². The third-order valence-corrected chi connectivity index (χ3v) is 14.5. The average Bonchev–Trinajstić information content (AvgIpc) is 3.70. The van der Waals surface area contributed by atoms with Crippen LogP contribution in [0.4, 0.5) is 0 Å². The number of aliphatic imine (C=N–C) groups is 1. The van der Waals surface area contributed by atoms with E-state index in [2.05, 4.69) is 130 Å². The van der Waals surface area contributed by atoms with Crippen LogP contribution in [0.1, 0.15) is 98.2 Å². The number of aryl methyl sites for hydroxylation is 3. The summed E-state index contributed by atoms with van der Waals surface area (Å²) in [5.41, 5.74) is 11.4. The van der Waals surface area contributed by atoms with Crippen LogP contribution >= 0.6 is 11.3 Å². The quantitative estimate of drug-likeness (QED) is 0.149. The van der Waals surface area contributed by atoms with E-state index in [1.165, 1.54) is 54.4 Å². The summed E-state index contributed by atoms with van der Waals surface area (Å²) >= 11 is 1.81. The van der Waals surface area contributed by atoms with Gasteiger partial charge in [0.1, 0.15) is 28.4 Å². The number of nitrogens with zero attached hydrogens (tertiary/aromatic N) is 6. The summed E-state index contributed by atoms with van der Waals surface area (Å²) in [5.74, 6) is 4.92. The predicted octanol–water partition coefficient (Wildman–Crippen LogP) is 9.14. The molecular weight excluding hydrogens is 737 g/mol. The molecule has 6 aromatic rings. The van der Waals surface area contributed by atoms with Crippen molar-refractivity contribution >= 4 is 17.0 Å². The molecule has 8 nitrogen and oxygen atoms in total. The first-order valence-corrected chi connectivity index (χ1v) is 21.8. The Hall–Kier alpha value is -5.09. The lowest BCUT2D eigenvalue weighted by Crippen LogP contribution is -2.54. The summed E-state index contributed by atoms with van der Waals surface area (Å²) in [5, 5.41) is 20.3. The Labute approximate surface area is 345 Å². The highest BCUT2D eigenvalue weighted by atomic mass is 32.1. The van der Waals surface area contributed by atoms with Crippen LogP contribution in [0.15, 0.2) is 102 Å². The Morgan fingerprint density at radius 2 is 1.52 bits per heavy atom. The molecule has 0 bridgehead atoms. The van der Waals surface area contributed by atoms with Gasteiger partial charge in [0, 0.05) is 73.0 Å². The van der Waals surface area contributed by atoms with Gasteiger partial charge in [0.25, 0.3) is 0 Å². The van der Waals surface area contributed by atoms with E-state index >= 15 is 0 Å². The van der Waals surface area contributed by atoms with Crippen molar-refractivity contribution in [2.45, 2.75) is 64.3 Å². The summed E-state index contributed by atoms with van der Waals surface area (Å²) in [6.45, 7) is 16.0. The molecule has 9 heteroatoms. The van der Waals surface area contributed by atoms with Crippen LogP contribution in [0.5, 0.6) is 11.5 Å². The van der Waals surface area contributed by atoms with Crippen LogP contribution in [-0.4, -0.2) is 81.3 Å². The second-order valence-electron chi connectivity index (χ2n) is 17.1. The highest BCUT2D eigenvalue weighted by Gasteiger charge is 2.34. The van der Waals surface area contributed by atoms with Gasteiger partial charge in [0.15, 0.2) is 5.82 Å². The van der Waals surface area contributed by atoms with Gasteiger partial charge in [0.05, 0.1) is 12.3 Å². The molecule has 0 radical (unpaired) electrons. The molecule has 0 saturated carbocycles. The van der Waals surface area contributed by atoms with E-state index in [-0.39, 0.29) is 12.0 Å². The lowest BCUT2D eigenvalue weighted by atomic mass is 9.69. The highest BCUT2D eigenvalue weighted by Crippen LogP contribution is 2.47. The predicted molar refractivity (Wildman–Crippen MR) is 232 cm³/mol. The van der Waals surface area contributed by atoms with Gasteiger partial charge in [-0.1, -0.05) is 72.8 Å². The van der Waals surface area contributed by atoms with Crippen LogP contribution in [0.2, 0.25) is 0 Å². The van der Waals surface area contributed by atoms with Crippen molar-refractivity contribution in [2.24, 2.45) is 10.9 Å². The molecule has 4 aliphatic rings. The van der Waals surface area contributed by atoms with Crippen molar-refractivity contribution in [3.63, 3.8) is 0 Å². The molecule has 1 aliphatic carbocycles. The van der Waals surface area contributed by atoms with Crippen molar-refractivity contribution in [3.05, 3.63) is 158 Å². The van der Waals surface area contributed by atoms with Crippen molar-refractivity contribution in [1.29, 1.82) is 0 Å². The van der Waals surface area contributed by atoms with Gasteiger partial charge in [-0.3, -0.25) is 9.56 Å². The van der Waals surface area contributed by atoms with E-state index in [1.807, 2.05) is 30.4 Å². The normalized spacial score (nSPS) is 21.0. The molecule has 58 heavy (non-hydrogen) atoms. The maximum atomic E-state index is 10.2. The van der Waals surface area contributed by atoms with Gasteiger partial charge in [0.2, 0.25) is 0 Å². The number of hydrogen-bond donors (Lipinski definition) is 1. The second kappa shape index (κ2) is 15.3. The minimum absolute atomic E-state index is 0.0692. The first-order valence-electron chi connectivity index (χ1n) is 21.0. The molecule has 2 saturated heterocycles. The molecule has 0 unspecified atom stereocenters. The summed E-state index contributed by atoms with van der Waals surface area (Å²) < 4.78 is 8.54. The topological polar surface area (TPSA) is 79.0 Å². The van der Waals surface area contributed by atoms with Crippen LogP contribution in [0.3, 0.4) is 0 Å². The van der Waals surface area contributed by atoms with Gasteiger partial charge < -0.3 is 19.6 Å². The minimum atomic E-state index is -0.0692. The zero-order valence-corrected chi connectivity index (χ0v) is 34.8. The number of ether oxygens (including phenoxy) is 1. The van der Waals surface area contributed by atoms with E-state index in [0.717, 1.165) is 81.8 Å². The molecule has 2 aromatic heterocycles. The van der Waals surface area contributed by atoms with Gasteiger partial charge in [-0.15, -0.1) is 21.5 Å².